The molecule has 1 aliphatic rings. The molecular formula is C23H31N5O4S. The lowest BCUT2D eigenvalue weighted by Gasteiger charge is -2.34. The summed E-state index contributed by atoms with van der Waals surface area (Å²) in [5.41, 5.74) is 2.77. The standard InChI is InChI=1S/C23H31N5O4S/c1-17-8-9-20(14-18(17)2)33(31,32)28-12-10-27(11-13-28)23(30)16-26(4)15-22(29)25-21-7-5-6-19(3)24-21/h5-9,14H,10-13,15-16H2,1-4H3,(H,24,25,29). The van der Waals surface area contributed by atoms with Crippen LogP contribution in [-0.4, -0.2) is 85.6 Å². The Kier molecular flexibility index (Phi) is 7.83. The van der Waals surface area contributed by atoms with Gasteiger partial charge >= 0.3 is 0 Å². The molecule has 2 heterocycles. The number of anilines is 1. The molecule has 33 heavy (non-hydrogen) atoms. The Bertz CT molecular complexity index is 1130. The summed E-state index contributed by atoms with van der Waals surface area (Å²) in [6.45, 7) is 6.89. The number of aromatic nitrogens is 1. The van der Waals surface area contributed by atoms with Gasteiger partial charge in [-0.1, -0.05) is 12.1 Å². The van der Waals surface area contributed by atoms with Gasteiger partial charge in [0.15, 0.2) is 0 Å². The average molecular weight is 474 g/mol. The van der Waals surface area contributed by atoms with E-state index in [0.717, 1.165) is 16.8 Å². The predicted octanol–water partition coefficient (Wildman–Crippen LogP) is 1.41. The van der Waals surface area contributed by atoms with Gasteiger partial charge in [0.2, 0.25) is 21.8 Å². The first-order valence-electron chi connectivity index (χ1n) is 10.8. The molecule has 0 saturated carbocycles. The van der Waals surface area contributed by atoms with Gasteiger partial charge in [-0.25, -0.2) is 13.4 Å². The maximum atomic E-state index is 13.0. The number of sulfonamides is 1. The van der Waals surface area contributed by atoms with Gasteiger partial charge in [-0.2, -0.15) is 4.31 Å². The van der Waals surface area contributed by atoms with Crippen LogP contribution >= 0.6 is 0 Å². The van der Waals surface area contributed by atoms with Crippen LogP contribution in [-0.2, 0) is 19.6 Å². The first kappa shape index (κ1) is 24.8. The van der Waals surface area contributed by atoms with E-state index in [1.165, 1.54) is 4.31 Å². The lowest BCUT2D eigenvalue weighted by atomic mass is 10.1. The fraction of sp³-hybridized carbons (Fsp3) is 0.435. The van der Waals surface area contributed by atoms with Crippen LogP contribution in [0.5, 0.6) is 0 Å². The number of carbonyl (C=O) groups is 2. The first-order chi connectivity index (χ1) is 15.6. The Morgan fingerprint density at radius 3 is 2.33 bits per heavy atom. The summed E-state index contributed by atoms with van der Waals surface area (Å²) in [6, 6.07) is 10.5. The van der Waals surface area contributed by atoms with Crippen LogP contribution in [0.3, 0.4) is 0 Å². The van der Waals surface area contributed by atoms with Gasteiger partial charge in [-0.05, 0) is 63.2 Å². The molecule has 0 unspecified atom stereocenters. The summed E-state index contributed by atoms with van der Waals surface area (Å²) in [5.74, 6) is 0.0794. The van der Waals surface area contributed by atoms with E-state index in [-0.39, 0.29) is 42.9 Å². The van der Waals surface area contributed by atoms with E-state index in [1.54, 1.807) is 35.0 Å². The van der Waals surface area contributed by atoms with Crippen molar-refractivity contribution in [2.45, 2.75) is 25.7 Å². The summed E-state index contributed by atoms with van der Waals surface area (Å²) in [5, 5.41) is 2.72. The van der Waals surface area contributed by atoms with Gasteiger partial charge in [0.25, 0.3) is 0 Å². The second-order valence-corrected chi connectivity index (χ2v) is 10.4. The lowest BCUT2D eigenvalue weighted by Crippen LogP contribution is -2.52. The van der Waals surface area contributed by atoms with E-state index in [4.69, 9.17) is 0 Å². The number of hydrogen-bond donors (Lipinski definition) is 1. The minimum atomic E-state index is -3.60. The number of nitrogens with zero attached hydrogens (tertiary/aromatic N) is 4. The highest BCUT2D eigenvalue weighted by molar-refractivity contribution is 7.89. The predicted molar refractivity (Wildman–Crippen MR) is 126 cm³/mol. The Morgan fingerprint density at radius 1 is 1.00 bits per heavy atom. The lowest BCUT2D eigenvalue weighted by molar-refractivity contribution is -0.133. The van der Waals surface area contributed by atoms with Crippen molar-refractivity contribution in [2.24, 2.45) is 0 Å². The first-order valence-corrected chi connectivity index (χ1v) is 12.3. The number of pyridine rings is 1. The Hall–Kier alpha value is -2.82. The number of rotatable bonds is 7. The van der Waals surface area contributed by atoms with Gasteiger partial charge in [-0.3, -0.25) is 14.5 Å². The summed E-state index contributed by atoms with van der Waals surface area (Å²) in [6.07, 6.45) is 0. The molecule has 1 N–H and O–H groups in total. The number of nitrogens with one attached hydrogen (secondary N) is 1. The minimum absolute atomic E-state index is 0.0441. The van der Waals surface area contributed by atoms with Crippen LogP contribution in [0, 0.1) is 20.8 Å². The fourth-order valence-electron chi connectivity index (χ4n) is 3.63. The molecule has 0 aliphatic carbocycles. The molecule has 2 amide bonds. The van der Waals surface area contributed by atoms with Crippen molar-refractivity contribution in [3.63, 3.8) is 0 Å². The van der Waals surface area contributed by atoms with Crippen molar-refractivity contribution in [1.29, 1.82) is 0 Å². The van der Waals surface area contributed by atoms with Crippen molar-refractivity contribution in [2.75, 3.05) is 51.6 Å². The number of benzene rings is 1. The molecule has 1 saturated heterocycles. The van der Waals surface area contributed by atoms with Crippen LogP contribution in [0.1, 0.15) is 16.8 Å². The number of carbonyl (C=O) groups excluding carboxylic acids is 2. The van der Waals surface area contributed by atoms with Crippen molar-refractivity contribution < 1.29 is 18.0 Å². The molecule has 3 rings (SSSR count). The Labute approximate surface area is 195 Å². The maximum Gasteiger partial charge on any atom is 0.243 e. The van der Waals surface area contributed by atoms with Gasteiger partial charge in [0.05, 0.1) is 18.0 Å². The van der Waals surface area contributed by atoms with Gasteiger partial charge in [-0.15, -0.1) is 0 Å². The van der Waals surface area contributed by atoms with Crippen molar-refractivity contribution in [3.05, 3.63) is 53.2 Å². The Morgan fingerprint density at radius 2 is 1.70 bits per heavy atom. The molecule has 0 bridgehead atoms. The van der Waals surface area contributed by atoms with Gasteiger partial charge < -0.3 is 10.2 Å². The summed E-state index contributed by atoms with van der Waals surface area (Å²) >= 11 is 0. The molecule has 0 spiro atoms. The van der Waals surface area contributed by atoms with Crippen molar-refractivity contribution in [1.82, 2.24) is 19.1 Å². The zero-order valence-corrected chi connectivity index (χ0v) is 20.4. The average Bonchev–Trinajstić information content (AvgIpc) is 2.75. The highest BCUT2D eigenvalue weighted by Gasteiger charge is 2.30. The highest BCUT2D eigenvalue weighted by Crippen LogP contribution is 2.20. The molecule has 9 nitrogen and oxygen atoms in total. The van der Waals surface area contributed by atoms with Crippen LogP contribution in [0.15, 0.2) is 41.3 Å². The Balaban J connectivity index is 1.49. The SMILES string of the molecule is Cc1cccc(NC(=O)CN(C)CC(=O)N2CCN(S(=O)(=O)c3ccc(C)c(C)c3)CC2)n1. The van der Waals surface area contributed by atoms with E-state index in [9.17, 15) is 18.0 Å². The summed E-state index contributed by atoms with van der Waals surface area (Å²) in [7, 11) is -1.90. The molecule has 2 aromatic rings. The van der Waals surface area contributed by atoms with E-state index in [2.05, 4.69) is 10.3 Å². The third kappa shape index (κ3) is 6.37. The third-order valence-electron chi connectivity index (χ3n) is 5.68. The topological polar surface area (TPSA) is 103 Å². The third-order valence-corrected chi connectivity index (χ3v) is 7.58. The molecule has 1 aliphatic heterocycles. The van der Waals surface area contributed by atoms with E-state index < -0.39 is 10.0 Å². The molecule has 1 aromatic heterocycles. The largest absolute Gasteiger partial charge is 0.339 e. The quantitative estimate of drug-likeness (QED) is 0.652. The van der Waals surface area contributed by atoms with E-state index in [0.29, 0.717) is 18.9 Å². The van der Waals surface area contributed by atoms with Crippen LogP contribution < -0.4 is 5.32 Å². The zero-order chi connectivity index (χ0) is 24.2. The number of hydrogen-bond acceptors (Lipinski definition) is 6. The molecule has 1 aromatic carbocycles. The molecular weight excluding hydrogens is 442 g/mol. The van der Waals surface area contributed by atoms with Crippen LogP contribution in [0.2, 0.25) is 0 Å². The molecule has 178 valence electrons. The second-order valence-electron chi connectivity index (χ2n) is 8.42. The number of likely N-dealkylation sites (N-methyl/N-ethyl adjacent to an activating group) is 1. The zero-order valence-electron chi connectivity index (χ0n) is 19.5. The summed E-state index contributed by atoms with van der Waals surface area (Å²) < 4.78 is 27.3. The van der Waals surface area contributed by atoms with Crippen LogP contribution in [0.4, 0.5) is 5.82 Å². The van der Waals surface area contributed by atoms with Gasteiger partial charge in [0, 0.05) is 31.9 Å². The van der Waals surface area contributed by atoms with Crippen molar-refractivity contribution in [3.8, 4) is 0 Å². The number of amides is 2. The van der Waals surface area contributed by atoms with Crippen LogP contribution in [0.25, 0.3) is 0 Å². The fourth-order valence-corrected chi connectivity index (χ4v) is 5.14. The summed E-state index contributed by atoms with van der Waals surface area (Å²) in [4.78, 5) is 32.7. The maximum absolute atomic E-state index is 13.0. The number of piperazine rings is 1. The number of aryl methyl sites for hydroxylation is 3. The molecule has 0 radical (unpaired) electrons. The molecule has 0 atom stereocenters. The van der Waals surface area contributed by atoms with E-state index in [1.807, 2.05) is 39.0 Å². The molecule has 10 heteroatoms. The minimum Gasteiger partial charge on any atom is -0.339 e. The van der Waals surface area contributed by atoms with Gasteiger partial charge in [0.1, 0.15) is 5.82 Å². The second kappa shape index (κ2) is 10.4. The van der Waals surface area contributed by atoms with Crippen molar-refractivity contribution >= 4 is 27.7 Å². The normalized spacial score (nSPS) is 15.0. The monoisotopic (exact) mass is 473 g/mol. The highest BCUT2D eigenvalue weighted by atomic mass is 32.2. The van der Waals surface area contributed by atoms with E-state index >= 15 is 0 Å². The smallest absolute Gasteiger partial charge is 0.243 e. The molecule has 1 fully saturated rings.